The molecule has 33 heavy (non-hydrogen) atoms. The van der Waals surface area contributed by atoms with E-state index in [-0.39, 0.29) is 0 Å². The molecule has 168 valence electrons. The molecule has 0 aliphatic carbocycles. The van der Waals surface area contributed by atoms with E-state index in [1.54, 1.807) is 72.8 Å². The van der Waals surface area contributed by atoms with Gasteiger partial charge in [-0.3, -0.25) is 9.59 Å². The molecule has 0 unspecified atom stereocenters. The molecular weight excluding hydrogens is 490 g/mol. The summed E-state index contributed by atoms with van der Waals surface area (Å²) in [7, 11) is 0. The van der Waals surface area contributed by atoms with Crippen LogP contribution in [-0.4, -0.2) is 30.6 Å². The molecule has 0 radical (unpaired) electrons. The second-order valence-electron chi connectivity index (χ2n) is 6.58. The first kappa shape index (κ1) is 23.7. The first-order valence-corrected chi connectivity index (χ1v) is 10.7. The number of hydrazone groups is 1. The van der Waals surface area contributed by atoms with Gasteiger partial charge in [0.15, 0.2) is 0 Å². The summed E-state index contributed by atoms with van der Waals surface area (Å²) in [5, 5.41) is 6.24. The standard InChI is InChI=1S/C24H20BrN3O5/c1-2-32-20-13-9-19(10-14-20)27-22(29)23(30)28-26-15-16-3-11-21(12-4-16)33-24(31)17-5-7-18(25)8-6-17/h3-15H,2H2,1H3,(H,27,29)(H,28,30)/b26-15+. The molecule has 0 heterocycles. The topological polar surface area (TPSA) is 106 Å². The van der Waals surface area contributed by atoms with Gasteiger partial charge in [0.05, 0.1) is 18.4 Å². The molecule has 2 amide bonds. The predicted octanol–water partition coefficient (Wildman–Crippen LogP) is 4.16. The average Bonchev–Trinajstić information content (AvgIpc) is 2.82. The predicted molar refractivity (Wildman–Crippen MR) is 128 cm³/mol. The average molecular weight is 510 g/mol. The van der Waals surface area contributed by atoms with Crippen molar-refractivity contribution in [3.05, 3.63) is 88.4 Å². The summed E-state index contributed by atoms with van der Waals surface area (Å²) in [6.07, 6.45) is 1.36. The fourth-order valence-corrected chi connectivity index (χ4v) is 2.84. The second-order valence-corrected chi connectivity index (χ2v) is 7.49. The molecule has 9 heteroatoms. The van der Waals surface area contributed by atoms with E-state index in [4.69, 9.17) is 9.47 Å². The van der Waals surface area contributed by atoms with Crippen LogP contribution in [0, 0.1) is 0 Å². The van der Waals surface area contributed by atoms with Gasteiger partial charge in [-0.2, -0.15) is 5.10 Å². The van der Waals surface area contributed by atoms with Gasteiger partial charge in [-0.1, -0.05) is 15.9 Å². The molecule has 0 saturated heterocycles. The number of esters is 1. The second kappa shape index (κ2) is 11.6. The van der Waals surface area contributed by atoms with Gasteiger partial charge < -0.3 is 14.8 Å². The van der Waals surface area contributed by atoms with E-state index in [1.165, 1.54) is 6.21 Å². The van der Waals surface area contributed by atoms with Crippen LogP contribution >= 0.6 is 15.9 Å². The molecule has 0 spiro atoms. The number of anilines is 1. The van der Waals surface area contributed by atoms with E-state index in [0.717, 1.165) is 4.47 Å². The maximum Gasteiger partial charge on any atom is 0.343 e. The number of carbonyl (C=O) groups is 3. The molecule has 3 aromatic carbocycles. The Morgan fingerprint density at radius 3 is 2.15 bits per heavy atom. The van der Waals surface area contributed by atoms with E-state index < -0.39 is 17.8 Å². The molecule has 0 bridgehead atoms. The van der Waals surface area contributed by atoms with Crippen molar-refractivity contribution >= 4 is 45.6 Å². The van der Waals surface area contributed by atoms with Crippen LogP contribution in [0.15, 0.2) is 82.4 Å². The molecule has 0 saturated carbocycles. The van der Waals surface area contributed by atoms with Crippen molar-refractivity contribution < 1.29 is 23.9 Å². The molecule has 0 aliphatic heterocycles. The third kappa shape index (κ3) is 7.29. The summed E-state index contributed by atoms with van der Waals surface area (Å²) in [5.41, 5.74) is 3.67. The lowest BCUT2D eigenvalue weighted by atomic mass is 10.2. The van der Waals surface area contributed by atoms with Crippen LogP contribution in [0.25, 0.3) is 0 Å². The Labute approximate surface area is 198 Å². The van der Waals surface area contributed by atoms with Gasteiger partial charge in [0.1, 0.15) is 11.5 Å². The molecule has 0 aliphatic rings. The molecule has 0 atom stereocenters. The molecule has 2 N–H and O–H groups in total. The van der Waals surface area contributed by atoms with Gasteiger partial charge >= 0.3 is 17.8 Å². The Balaban J connectivity index is 1.48. The minimum absolute atomic E-state index is 0.360. The van der Waals surface area contributed by atoms with Crippen molar-refractivity contribution in [2.45, 2.75) is 6.92 Å². The number of halogens is 1. The SMILES string of the molecule is CCOc1ccc(NC(=O)C(=O)N/N=C/c2ccc(OC(=O)c3ccc(Br)cc3)cc2)cc1. The number of amides is 2. The molecular formula is C24H20BrN3O5. The number of ether oxygens (including phenoxy) is 2. The van der Waals surface area contributed by atoms with Gasteiger partial charge in [0.25, 0.3) is 0 Å². The van der Waals surface area contributed by atoms with Crippen LogP contribution in [0.1, 0.15) is 22.8 Å². The zero-order valence-electron chi connectivity index (χ0n) is 17.6. The van der Waals surface area contributed by atoms with E-state index >= 15 is 0 Å². The van der Waals surface area contributed by atoms with E-state index in [9.17, 15) is 14.4 Å². The monoisotopic (exact) mass is 509 g/mol. The highest BCUT2D eigenvalue weighted by atomic mass is 79.9. The smallest absolute Gasteiger partial charge is 0.343 e. The normalized spacial score (nSPS) is 10.5. The minimum atomic E-state index is -0.916. The van der Waals surface area contributed by atoms with Crippen molar-refractivity contribution in [1.29, 1.82) is 0 Å². The van der Waals surface area contributed by atoms with Crippen LogP contribution in [0.3, 0.4) is 0 Å². The highest BCUT2D eigenvalue weighted by molar-refractivity contribution is 9.10. The van der Waals surface area contributed by atoms with E-state index in [1.807, 2.05) is 6.92 Å². The Morgan fingerprint density at radius 1 is 0.879 bits per heavy atom. The largest absolute Gasteiger partial charge is 0.494 e. The number of hydrogen-bond donors (Lipinski definition) is 2. The Morgan fingerprint density at radius 2 is 1.52 bits per heavy atom. The Kier molecular flexibility index (Phi) is 8.31. The maximum absolute atomic E-state index is 12.1. The highest BCUT2D eigenvalue weighted by Gasteiger charge is 2.13. The van der Waals surface area contributed by atoms with Crippen molar-refractivity contribution in [2.24, 2.45) is 5.10 Å². The van der Waals surface area contributed by atoms with Gasteiger partial charge in [-0.05, 0) is 85.3 Å². The number of carbonyl (C=O) groups excluding carboxylic acids is 3. The summed E-state index contributed by atoms with van der Waals surface area (Å²) in [4.78, 5) is 36.0. The fourth-order valence-electron chi connectivity index (χ4n) is 2.58. The highest BCUT2D eigenvalue weighted by Crippen LogP contribution is 2.16. The lowest BCUT2D eigenvalue weighted by Crippen LogP contribution is -2.32. The molecule has 3 aromatic rings. The summed E-state index contributed by atoms with van der Waals surface area (Å²) < 4.78 is 11.5. The zero-order valence-corrected chi connectivity index (χ0v) is 19.2. The van der Waals surface area contributed by atoms with Crippen LogP contribution in [0.4, 0.5) is 5.69 Å². The quantitative estimate of drug-likeness (QED) is 0.163. The number of benzene rings is 3. The van der Waals surface area contributed by atoms with Crippen molar-refractivity contribution in [2.75, 3.05) is 11.9 Å². The summed E-state index contributed by atoms with van der Waals surface area (Å²) in [6, 6.07) is 20.0. The first-order chi connectivity index (χ1) is 15.9. The van der Waals surface area contributed by atoms with Crippen LogP contribution < -0.4 is 20.2 Å². The van der Waals surface area contributed by atoms with Crippen LogP contribution in [0.2, 0.25) is 0 Å². The third-order valence-corrected chi connectivity index (χ3v) is 4.71. The van der Waals surface area contributed by atoms with Crippen molar-refractivity contribution in [3.8, 4) is 11.5 Å². The summed E-state index contributed by atoms with van der Waals surface area (Å²) >= 11 is 3.31. The first-order valence-electron chi connectivity index (χ1n) is 9.89. The van der Waals surface area contributed by atoms with Crippen LogP contribution in [0.5, 0.6) is 11.5 Å². The molecule has 0 fully saturated rings. The number of hydrogen-bond acceptors (Lipinski definition) is 6. The lowest BCUT2D eigenvalue weighted by molar-refractivity contribution is -0.136. The minimum Gasteiger partial charge on any atom is -0.494 e. The van der Waals surface area contributed by atoms with E-state index in [0.29, 0.717) is 34.9 Å². The number of rotatable bonds is 7. The summed E-state index contributed by atoms with van der Waals surface area (Å²) in [6.45, 7) is 2.40. The third-order valence-electron chi connectivity index (χ3n) is 4.18. The number of nitrogens with one attached hydrogen (secondary N) is 2. The van der Waals surface area contributed by atoms with Crippen molar-refractivity contribution in [1.82, 2.24) is 5.43 Å². The van der Waals surface area contributed by atoms with Gasteiger partial charge in [0, 0.05) is 10.2 Å². The van der Waals surface area contributed by atoms with Crippen molar-refractivity contribution in [3.63, 3.8) is 0 Å². The molecule has 0 aromatic heterocycles. The Bertz CT molecular complexity index is 1140. The van der Waals surface area contributed by atoms with Gasteiger partial charge in [-0.15, -0.1) is 0 Å². The maximum atomic E-state index is 12.1. The van der Waals surface area contributed by atoms with E-state index in [2.05, 4.69) is 31.8 Å². The lowest BCUT2D eigenvalue weighted by Gasteiger charge is -2.06. The van der Waals surface area contributed by atoms with Crippen LogP contribution in [-0.2, 0) is 9.59 Å². The van der Waals surface area contributed by atoms with Gasteiger partial charge in [0.2, 0.25) is 0 Å². The summed E-state index contributed by atoms with van der Waals surface area (Å²) in [5.74, 6) is -1.22. The van der Waals surface area contributed by atoms with Gasteiger partial charge in [-0.25, -0.2) is 10.2 Å². The zero-order chi connectivity index (χ0) is 23.6. The Hall–Kier alpha value is -3.98. The number of nitrogens with zero attached hydrogens (tertiary/aromatic N) is 1. The fraction of sp³-hybridized carbons (Fsp3) is 0.0833. The molecule has 8 nitrogen and oxygen atoms in total. The molecule has 3 rings (SSSR count).